The van der Waals surface area contributed by atoms with Crippen molar-refractivity contribution < 1.29 is 8.42 Å². The number of pyridine rings is 1. The van der Waals surface area contributed by atoms with Crippen LogP contribution in [0, 0.1) is 0 Å². The van der Waals surface area contributed by atoms with E-state index in [9.17, 15) is 8.42 Å². The van der Waals surface area contributed by atoms with E-state index >= 15 is 0 Å². The zero-order chi connectivity index (χ0) is 14.0. The summed E-state index contributed by atoms with van der Waals surface area (Å²) >= 11 is 1.67. The van der Waals surface area contributed by atoms with Crippen molar-refractivity contribution in [3.05, 3.63) is 23.9 Å². The average molecular weight is 301 g/mol. The molecule has 1 aliphatic heterocycles. The third kappa shape index (κ3) is 3.40. The van der Waals surface area contributed by atoms with E-state index in [1.807, 2.05) is 24.0 Å². The number of hydrogen-bond donors (Lipinski definition) is 1. The Bertz CT molecular complexity index is 528. The summed E-state index contributed by atoms with van der Waals surface area (Å²) in [5, 5.41) is -0.486. The molecular weight excluding hydrogens is 282 g/mol. The first-order valence-electron chi connectivity index (χ1n) is 6.14. The minimum Gasteiger partial charge on any atom is -0.338 e. The molecule has 2 atom stereocenters. The number of thioether (sulfide) groups is 1. The molecule has 2 heterocycles. The zero-order valence-corrected chi connectivity index (χ0v) is 12.7. The van der Waals surface area contributed by atoms with Crippen LogP contribution in [0.25, 0.3) is 0 Å². The largest absolute Gasteiger partial charge is 0.338 e. The van der Waals surface area contributed by atoms with Gasteiger partial charge in [-0.15, -0.1) is 0 Å². The van der Waals surface area contributed by atoms with Crippen molar-refractivity contribution in [1.29, 1.82) is 0 Å². The Labute approximate surface area is 118 Å². The molecule has 0 aliphatic carbocycles. The van der Waals surface area contributed by atoms with Crippen molar-refractivity contribution >= 4 is 27.4 Å². The molecule has 106 valence electrons. The fourth-order valence-electron chi connectivity index (χ4n) is 2.03. The highest BCUT2D eigenvalue weighted by Crippen LogP contribution is 2.25. The van der Waals surface area contributed by atoms with Gasteiger partial charge in [-0.3, -0.25) is 0 Å². The highest BCUT2D eigenvalue weighted by molar-refractivity contribution is 8.01. The summed E-state index contributed by atoms with van der Waals surface area (Å²) in [5.41, 5.74) is 6.74. The van der Waals surface area contributed by atoms with Crippen molar-refractivity contribution in [3.63, 3.8) is 0 Å². The molecule has 0 aromatic carbocycles. The Morgan fingerprint density at radius 3 is 2.79 bits per heavy atom. The number of nitrogens with zero attached hydrogens (tertiary/aromatic N) is 2. The van der Waals surface area contributed by atoms with Gasteiger partial charge in [-0.2, -0.15) is 11.8 Å². The van der Waals surface area contributed by atoms with E-state index in [4.69, 9.17) is 5.73 Å². The normalized spacial score (nSPS) is 22.3. The van der Waals surface area contributed by atoms with Gasteiger partial charge in [0, 0.05) is 36.5 Å². The Kier molecular flexibility index (Phi) is 4.37. The smallest absolute Gasteiger partial charge is 0.169 e. The molecule has 1 fully saturated rings. The topological polar surface area (TPSA) is 76.3 Å². The molecule has 2 N–H and O–H groups in total. The van der Waals surface area contributed by atoms with Gasteiger partial charge in [-0.05, 0) is 18.6 Å². The maximum absolute atomic E-state index is 11.8. The zero-order valence-electron chi connectivity index (χ0n) is 11.1. The molecule has 0 radical (unpaired) electrons. The van der Waals surface area contributed by atoms with Gasteiger partial charge in [0.1, 0.15) is 11.2 Å². The average Bonchev–Trinajstić information content (AvgIpc) is 2.38. The maximum atomic E-state index is 11.8. The summed E-state index contributed by atoms with van der Waals surface area (Å²) in [6, 6.07) is 3.70. The van der Waals surface area contributed by atoms with Crippen LogP contribution in [0.5, 0.6) is 0 Å². The SMILES string of the molecule is C[C@H](N)c1ccc(N2CCSCC2S(C)(=O)=O)nc1. The fraction of sp³-hybridized carbons (Fsp3) is 0.583. The molecule has 2 rings (SSSR count). The second-order valence-corrected chi connectivity index (χ2v) is 8.14. The van der Waals surface area contributed by atoms with Crippen LogP contribution < -0.4 is 10.6 Å². The molecule has 5 nitrogen and oxygen atoms in total. The predicted octanol–water partition coefficient (Wildman–Crippen LogP) is 1.03. The van der Waals surface area contributed by atoms with Crippen molar-refractivity contribution in [2.45, 2.75) is 18.3 Å². The number of aromatic nitrogens is 1. The second kappa shape index (κ2) is 5.68. The predicted molar refractivity (Wildman–Crippen MR) is 80.1 cm³/mol. The van der Waals surface area contributed by atoms with Crippen LogP contribution in [0.4, 0.5) is 5.82 Å². The summed E-state index contributed by atoms with van der Waals surface area (Å²) in [6.45, 7) is 2.60. The van der Waals surface area contributed by atoms with E-state index in [2.05, 4.69) is 4.98 Å². The first-order chi connectivity index (χ1) is 8.89. The van der Waals surface area contributed by atoms with Gasteiger partial charge in [0.05, 0.1) is 0 Å². The molecule has 1 aliphatic rings. The lowest BCUT2D eigenvalue weighted by Gasteiger charge is -2.35. The maximum Gasteiger partial charge on any atom is 0.169 e. The molecule has 0 bridgehead atoms. The van der Waals surface area contributed by atoms with Gasteiger partial charge >= 0.3 is 0 Å². The molecule has 1 aromatic rings. The molecule has 7 heteroatoms. The van der Waals surface area contributed by atoms with Crippen LogP contribution in [0.3, 0.4) is 0 Å². The minimum atomic E-state index is -3.11. The standard InChI is InChI=1S/C12H19N3O2S2/c1-9(13)10-3-4-11(14-7-10)15-5-6-18-8-12(15)19(2,16)17/h3-4,7,9,12H,5-6,8,13H2,1-2H3/t9-,12?/m0/s1. The van der Waals surface area contributed by atoms with Gasteiger partial charge in [-0.25, -0.2) is 13.4 Å². The molecular formula is C12H19N3O2S2. The van der Waals surface area contributed by atoms with Crippen molar-refractivity contribution in [2.75, 3.05) is 29.2 Å². The monoisotopic (exact) mass is 301 g/mol. The van der Waals surface area contributed by atoms with Crippen molar-refractivity contribution in [3.8, 4) is 0 Å². The van der Waals surface area contributed by atoms with Gasteiger partial charge in [0.2, 0.25) is 0 Å². The van der Waals surface area contributed by atoms with Gasteiger partial charge in [0.15, 0.2) is 9.84 Å². The van der Waals surface area contributed by atoms with Crippen LogP contribution in [-0.2, 0) is 9.84 Å². The minimum absolute atomic E-state index is 0.0656. The Morgan fingerprint density at radius 2 is 2.26 bits per heavy atom. The number of hydrogen-bond acceptors (Lipinski definition) is 6. The van der Waals surface area contributed by atoms with Crippen LogP contribution in [-0.4, -0.2) is 43.1 Å². The molecule has 1 unspecified atom stereocenters. The first kappa shape index (κ1) is 14.6. The molecule has 0 saturated carbocycles. The third-order valence-corrected chi connectivity index (χ3v) is 5.81. The Balaban J connectivity index is 2.27. The van der Waals surface area contributed by atoms with Crippen LogP contribution >= 0.6 is 11.8 Å². The number of anilines is 1. The molecule has 1 saturated heterocycles. The van der Waals surface area contributed by atoms with E-state index in [1.54, 1.807) is 18.0 Å². The number of rotatable bonds is 3. The summed E-state index contributed by atoms with van der Waals surface area (Å²) in [4.78, 5) is 6.23. The van der Waals surface area contributed by atoms with Crippen molar-refractivity contribution in [1.82, 2.24) is 4.98 Å². The highest BCUT2D eigenvalue weighted by atomic mass is 32.2. The fourth-order valence-corrected chi connectivity index (χ4v) is 4.86. The molecule has 1 aromatic heterocycles. The van der Waals surface area contributed by atoms with Crippen LogP contribution in [0.15, 0.2) is 18.3 Å². The van der Waals surface area contributed by atoms with E-state index in [1.165, 1.54) is 6.26 Å². The second-order valence-electron chi connectivity index (χ2n) is 4.79. The van der Waals surface area contributed by atoms with Crippen molar-refractivity contribution in [2.24, 2.45) is 5.73 Å². The summed E-state index contributed by atoms with van der Waals surface area (Å²) in [7, 11) is -3.11. The third-order valence-electron chi connectivity index (χ3n) is 3.17. The summed E-state index contributed by atoms with van der Waals surface area (Å²) < 4.78 is 23.7. The Hall–Kier alpha value is -0.790. The van der Waals surface area contributed by atoms with E-state index in [0.29, 0.717) is 18.1 Å². The molecule has 0 amide bonds. The Morgan fingerprint density at radius 1 is 1.53 bits per heavy atom. The molecule has 0 spiro atoms. The first-order valence-corrected chi connectivity index (χ1v) is 9.25. The van der Waals surface area contributed by atoms with Crippen LogP contribution in [0.2, 0.25) is 0 Å². The van der Waals surface area contributed by atoms with Crippen LogP contribution in [0.1, 0.15) is 18.5 Å². The number of sulfone groups is 1. The van der Waals surface area contributed by atoms with E-state index < -0.39 is 15.2 Å². The van der Waals surface area contributed by atoms with Gasteiger partial charge in [0.25, 0.3) is 0 Å². The highest BCUT2D eigenvalue weighted by Gasteiger charge is 2.31. The number of nitrogens with two attached hydrogens (primary N) is 1. The van der Waals surface area contributed by atoms with E-state index in [0.717, 1.165) is 11.3 Å². The quantitative estimate of drug-likeness (QED) is 0.898. The molecule has 19 heavy (non-hydrogen) atoms. The lowest BCUT2D eigenvalue weighted by Crippen LogP contribution is -2.47. The lowest BCUT2D eigenvalue weighted by atomic mass is 10.1. The van der Waals surface area contributed by atoms with Gasteiger partial charge in [-0.1, -0.05) is 6.07 Å². The van der Waals surface area contributed by atoms with E-state index in [-0.39, 0.29) is 6.04 Å². The summed E-state index contributed by atoms with van der Waals surface area (Å²) in [5.74, 6) is 2.22. The van der Waals surface area contributed by atoms with Gasteiger partial charge < -0.3 is 10.6 Å². The lowest BCUT2D eigenvalue weighted by molar-refractivity contribution is 0.583. The summed E-state index contributed by atoms with van der Waals surface area (Å²) in [6.07, 6.45) is 3.01.